The second kappa shape index (κ2) is 5.55. The molecular weight excluding hydrogens is 295 g/mol. The first-order valence-electron chi connectivity index (χ1n) is 6.42. The molecule has 1 aliphatic heterocycles. The predicted octanol–water partition coefficient (Wildman–Crippen LogP) is 4.61. The highest BCUT2D eigenvalue weighted by molar-refractivity contribution is 6.31. The second-order valence-corrected chi connectivity index (χ2v) is 5.59. The van der Waals surface area contributed by atoms with Crippen molar-refractivity contribution in [3.05, 3.63) is 58.1 Å². The molecule has 2 aromatic rings. The first-order valence-corrected chi connectivity index (χ1v) is 7.23. The molecular formula is C16H14Cl2O2. The highest BCUT2D eigenvalue weighted by Crippen LogP contribution is 2.41. The van der Waals surface area contributed by atoms with Crippen LogP contribution in [0.5, 0.6) is 11.5 Å². The zero-order valence-corrected chi connectivity index (χ0v) is 12.5. The topological polar surface area (TPSA) is 18.5 Å². The van der Waals surface area contributed by atoms with Crippen molar-refractivity contribution in [1.82, 2.24) is 0 Å². The molecule has 1 atom stereocenters. The van der Waals surface area contributed by atoms with Gasteiger partial charge >= 0.3 is 0 Å². The number of benzene rings is 2. The van der Waals surface area contributed by atoms with Crippen LogP contribution in [0.1, 0.15) is 22.1 Å². The van der Waals surface area contributed by atoms with Crippen molar-refractivity contribution in [3.8, 4) is 11.5 Å². The maximum Gasteiger partial charge on any atom is 0.127 e. The lowest BCUT2D eigenvalue weighted by Gasteiger charge is -2.15. The summed E-state index contributed by atoms with van der Waals surface area (Å²) < 4.78 is 11.0. The Morgan fingerprint density at radius 3 is 2.90 bits per heavy atom. The Hall–Kier alpha value is -1.38. The molecule has 104 valence electrons. The molecule has 0 saturated heterocycles. The minimum absolute atomic E-state index is 0.310. The molecule has 0 bridgehead atoms. The van der Waals surface area contributed by atoms with E-state index in [1.54, 1.807) is 7.11 Å². The zero-order chi connectivity index (χ0) is 14.1. The monoisotopic (exact) mass is 308 g/mol. The van der Waals surface area contributed by atoms with Gasteiger partial charge in [0.1, 0.15) is 11.5 Å². The third-order valence-electron chi connectivity index (χ3n) is 3.44. The van der Waals surface area contributed by atoms with Crippen LogP contribution < -0.4 is 9.47 Å². The Morgan fingerprint density at radius 2 is 2.10 bits per heavy atom. The van der Waals surface area contributed by atoms with E-state index < -0.39 is 0 Å². The van der Waals surface area contributed by atoms with E-state index in [4.69, 9.17) is 32.7 Å². The summed E-state index contributed by atoms with van der Waals surface area (Å²) >= 11 is 12.8. The Bertz CT molecular complexity index is 640. The normalized spacial score (nSPS) is 14.6. The van der Waals surface area contributed by atoms with Crippen LogP contribution in [0.2, 0.25) is 5.02 Å². The summed E-state index contributed by atoms with van der Waals surface area (Å²) in [6.45, 7) is 0.685. The molecule has 0 N–H and O–H groups in total. The van der Waals surface area contributed by atoms with E-state index in [0.717, 1.165) is 34.6 Å². The van der Waals surface area contributed by atoms with Crippen LogP contribution in [0.15, 0.2) is 36.4 Å². The molecule has 1 aliphatic rings. The Balaban J connectivity index is 2.04. The van der Waals surface area contributed by atoms with Crippen LogP contribution in [0.3, 0.4) is 0 Å². The number of alkyl halides is 1. The maximum absolute atomic E-state index is 6.62. The fourth-order valence-corrected chi connectivity index (χ4v) is 3.01. The summed E-state index contributed by atoms with van der Waals surface area (Å²) in [5, 5.41) is 0.383. The van der Waals surface area contributed by atoms with Gasteiger partial charge in [-0.25, -0.2) is 0 Å². The molecule has 0 saturated carbocycles. The van der Waals surface area contributed by atoms with Crippen LogP contribution in [-0.4, -0.2) is 13.7 Å². The highest BCUT2D eigenvalue weighted by Gasteiger charge is 2.23. The van der Waals surface area contributed by atoms with E-state index in [2.05, 4.69) is 0 Å². The number of fused-ring (bicyclic) bond motifs is 1. The summed E-state index contributed by atoms with van der Waals surface area (Å²) in [6.07, 6.45) is 0.880. The Labute approximate surface area is 128 Å². The first kappa shape index (κ1) is 13.6. The van der Waals surface area contributed by atoms with Crippen LogP contribution >= 0.6 is 23.2 Å². The number of rotatable bonds is 3. The quantitative estimate of drug-likeness (QED) is 0.771. The molecule has 0 spiro atoms. The molecule has 2 aromatic carbocycles. The van der Waals surface area contributed by atoms with E-state index in [9.17, 15) is 0 Å². The van der Waals surface area contributed by atoms with Gasteiger partial charge in [-0.1, -0.05) is 23.7 Å². The van der Waals surface area contributed by atoms with Crippen molar-refractivity contribution >= 4 is 23.2 Å². The van der Waals surface area contributed by atoms with Gasteiger partial charge in [-0.2, -0.15) is 0 Å². The first-order chi connectivity index (χ1) is 9.69. The van der Waals surface area contributed by atoms with Crippen LogP contribution in [0.4, 0.5) is 0 Å². The maximum atomic E-state index is 6.62. The molecule has 0 fully saturated rings. The fourth-order valence-electron chi connectivity index (χ4n) is 2.46. The van der Waals surface area contributed by atoms with Crippen molar-refractivity contribution in [2.24, 2.45) is 0 Å². The van der Waals surface area contributed by atoms with Gasteiger partial charge in [0.25, 0.3) is 0 Å². The molecule has 4 heteroatoms. The molecule has 20 heavy (non-hydrogen) atoms. The minimum atomic E-state index is -0.310. The molecule has 3 rings (SSSR count). The Morgan fingerprint density at radius 1 is 1.25 bits per heavy atom. The molecule has 0 radical (unpaired) electrons. The highest BCUT2D eigenvalue weighted by atomic mass is 35.5. The smallest absolute Gasteiger partial charge is 0.127 e. The van der Waals surface area contributed by atoms with Crippen molar-refractivity contribution in [2.75, 3.05) is 13.7 Å². The molecule has 0 amide bonds. The molecule has 0 aliphatic carbocycles. The summed E-state index contributed by atoms with van der Waals surface area (Å²) in [5.74, 6) is 1.66. The van der Waals surface area contributed by atoms with Gasteiger partial charge in [0, 0.05) is 17.0 Å². The van der Waals surface area contributed by atoms with Crippen molar-refractivity contribution in [1.29, 1.82) is 0 Å². The van der Waals surface area contributed by atoms with Gasteiger partial charge in [-0.15, -0.1) is 11.6 Å². The van der Waals surface area contributed by atoms with Crippen LogP contribution in [-0.2, 0) is 6.42 Å². The standard InChI is InChI=1S/C16H14Cl2O2/c1-19-13-4-2-3-10(8-13)15(18)14-9-12(17)7-11-5-6-20-16(11)14/h2-4,7-9,15H,5-6H2,1H3. The second-order valence-electron chi connectivity index (χ2n) is 4.72. The number of hydrogen-bond acceptors (Lipinski definition) is 2. The number of hydrogen-bond donors (Lipinski definition) is 0. The third kappa shape index (κ3) is 2.46. The number of methoxy groups -OCH3 is 1. The SMILES string of the molecule is COc1cccc(C(Cl)c2cc(Cl)cc3c2OCC3)c1. The molecule has 1 unspecified atom stereocenters. The average Bonchev–Trinajstić information content (AvgIpc) is 2.93. The van der Waals surface area contributed by atoms with Gasteiger partial charge < -0.3 is 9.47 Å². The minimum Gasteiger partial charge on any atom is -0.497 e. The summed E-state index contributed by atoms with van der Waals surface area (Å²) in [7, 11) is 1.64. The van der Waals surface area contributed by atoms with E-state index >= 15 is 0 Å². The summed E-state index contributed by atoms with van der Waals surface area (Å²) in [6, 6.07) is 11.6. The molecule has 1 heterocycles. The fraction of sp³-hybridized carbons (Fsp3) is 0.250. The number of ether oxygens (including phenoxy) is 2. The van der Waals surface area contributed by atoms with Gasteiger partial charge in [0.2, 0.25) is 0 Å². The summed E-state index contributed by atoms with van der Waals surface area (Å²) in [5.41, 5.74) is 3.01. The molecule has 0 aromatic heterocycles. The van der Waals surface area contributed by atoms with Crippen LogP contribution in [0.25, 0.3) is 0 Å². The van der Waals surface area contributed by atoms with Crippen molar-refractivity contribution in [3.63, 3.8) is 0 Å². The van der Waals surface area contributed by atoms with Crippen LogP contribution in [0, 0.1) is 0 Å². The molecule has 2 nitrogen and oxygen atoms in total. The van der Waals surface area contributed by atoms with E-state index in [-0.39, 0.29) is 5.38 Å². The lowest BCUT2D eigenvalue weighted by atomic mass is 10.0. The largest absolute Gasteiger partial charge is 0.497 e. The summed E-state index contributed by atoms with van der Waals surface area (Å²) in [4.78, 5) is 0. The zero-order valence-electron chi connectivity index (χ0n) is 11.0. The lowest BCUT2D eigenvalue weighted by molar-refractivity contribution is 0.353. The average molecular weight is 309 g/mol. The van der Waals surface area contributed by atoms with E-state index in [1.807, 2.05) is 36.4 Å². The number of halogens is 2. The van der Waals surface area contributed by atoms with E-state index in [1.165, 1.54) is 0 Å². The van der Waals surface area contributed by atoms with E-state index in [0.29, 0.717) is 11.6 Å². The lowest BCUT2D eigenvalue weighted by Crippen LogP contribution is -1.98. The van der Waals surface area contributed by atoms with Gasteiger partial charge in [0.05, 0.1) is 19.1 Å². The third-order valence-corrected chi connectivity index (χ3v) is 4.14. The predicted molar refractivity (Wildman–Crippen MR) is 81.3 cm³/mol. The van der Waals surface area contributed by atoms with Gasteiger partial charge in [-0.3, -0.25) is 0 Å². The van der Waals surface area contributed by atoms with Gasteiger partial charge in [0.15, 0.2) is 0 Å². The Kier molecular flexibility index (Phi) is 3.77. The van der Waals surface area contributed by atoms with Crippen molar-refractivity contribution < 1.29 is 9.47 Å². The van der Waals surface area contributed by atoms with Crippen molar-refractivity contribution in [2.45, 2.75) is 11.8 Å². The van der Waals surface area contributed by atoms with Gasteiger partial charge in [-0.05, 0) is 35.4 Å².